The van der Waals surface area contributed by atoms with Crippen molar-refractivity contribution in [2.75, 3.05) is 0 Å². The lowest BCUT2D eigenvalue weighted by Gasteiger charge is -2.02. The minimum atomic E-state index is -0.545. The van der Waals surface area contributed by atoms with Gasteiger partial charge >= 0.3 is 0 Å². The summed E-state index contributed by atoms with van der Waals surface area (Å²) in [5.74, 6) is -0.545. The number of amides is 1. The van der Waals surface area contributed by atoms with E-state index < -0.39 is 5.91 Å². The largest absolute Gasteiger partial charge is 0.366 e. The minimum Gasteiger partial charge on any atom is -0.366 e. The zero-order valence-electron chi connectivity index (χ0n) is 8.59. The number of hydrogen-bond donors (Lipinski definition) is 1. The van der Waals surface area contributed by atoms with Crippen LogP contribution in [-0.2, 0) is 0 Å². The standard InChI is InChI=1S/C11H7ClN4O/c12-10-3-9(2-1-7(10)4-13)16-6-8(5-15-16)11(14)17/h1-3,5-6H,(H2,14,17). The molecule has 0 aliphatic heterocycles. The molecule has 0 aliphatic rings. The predicted molar refractivity (Wildman–Crippen MR) is 61.8 cm³/mol. The van der Waals surface area contributed by atoms with Crippen LogP contribution in [0.1, 0.15) is 15.9 Å². The third-order valence-electron chi connectivity index (χ3n) is 2.20. The lowest BCUT2D eigenvalue weighted by atomic mass is 10.2. The molecule has 0 saturated carbocycles. The third-order valence-corrected chi connectivity index (χ3v) is 2.52. The summed E-state index contributed by atoms with van der Waals surface area (Å²) in [7, 11) is 0. The molecule has 2 N–H and O–H groups in total. The lowest BCUT2D eigenvalue weighted by Crippen LogP contribution is -2.09. The van der Waals surface area contributed by atoms with Gasteiger partial charge in [0.2, 0.25) is 0 Å². The highest BCUT2D eigenvalue weighted by molar-refractivity contribution is 6.31. The van der Waals surface area contributed by atoms with Gasteiger partial charge in [-0.25, -0.2) is 4.68 Å². The predicted octanol–water partition coefficient (Wildman–Crippen LogP) is 1.50. The van der Waals surface area contributed by atoms with E-state index >= 15 is 0 Å². The van der Waals surface area contributed by atoms with Crippen molar-refractivity contribution in [3.8, 4) is 11.8 Å². The number of rotatable bonds is 2. The van der Waals surface area contributed by atoms with Crippen LogP contribution in [0.5, 0.6) is 0 Å². The summed E-state index contributed by atoms with van der Waals surface area (Å²) in [5.41, 5.74) is 6.47. The average Bonchev–Trinajstić information content (AvgIpc) is 2.78. The van der Waals surface area contributed by atoms with Crippen LogP contribution in [0.25, 0.3) is 5.69 Å². The third kappa shape index (κ3) is 2.12. The second kappa shape index (κ2) is 4.28. The molecule has 0 fully saturated rings. The van der Waals surface area contributed by atoms with E-state index in [9.17, 15) is 4.79 Å². The molecule has 0 spiro atoms. The number of benzene rings is 1. The van der Waals surface area contributed by atoms with Crippen LogP contribution < -0.4 is 5.73 Å². The average molecular weight is 247 g/mol. The van der Waals surface area contributed by atoms with Crippen molar-refractivity contribution in [3.05, 3.63) is 46.7 Å². The molecule has 0 aliphatic carbocycles. The second-order valence-electron chi connectivity index (χ2n) is 3.31. The first kappa shape index (κ1) is 11.2. The Morgan fingerprint density at radius 3 is 2.82 bits per heavy atom. The van der Waals surface area contributed by atoms with Crippen molar-refractivity contribution >= 4 is 17.5 Å². The maximum Gasteiger partial charge on any atom is 0.251 e. The quantitative estimate of drug-likeness (QED) is 0.871. The van der Waals surface area contributed by atoms with Gasteiger partial charge in [-0.1, -0.05) is 11.6 Å². The van der Waals surface area contributed by atoms with E-state index in [0.29, 0.717) is 21.8 Å². The summed E-state index contributed by atoms with van der Waals surface area (Å²) >= 11 is 5.89. The Kier molecular flexibility index (Phi) is 2.81. The minimum absolute atomic E-state index is 0.311. The summed E-state index contributed by atoms with van der Waals surface area (Å²) in [5, 5.41) is 13.1. The molecule has 0 radical (unpaired) electrons. The molecule has 1 amide bonds. The van der Waals surface area contributed by atoms with Crippen LogP contribution in [0.3, 0.4) is 0 Å². The summed E-state index contributed by atoms with van der Waals surface area (Å²) in [6.45, 7) is 0. The van der Waals surface area contributed by atoms with Crippen molar-refractivity contribution < 1.29 is 4.79 Å². The van der Waals surface area contributed by atoms with Gasteiger partial charge in [0, 0.05) is 6.20 Å². The normalized spacial score (nSPS) is 9.88. The van der Waals surface area contributed by atoms with Crippen LogP contribution in [0.2, 0.25) is 5.02 Å². The summed E-state index contributed by atoms with van der Waals surface area (Å²) in [4.78, 5) is 10.9. The van der Waals surface area contributed by atoms with Crippen molar-refractivity contribution in [3.63, 3.8) is 0 Å². The Bertz CT molecular complexity index is 627. The lowest BCUT2D eigenvalue weighted by molar-refractivity contribution is 0.100. The molecule has 1 aromatic heterocycles. The molecule has 17 heavy (non-hydrogen) atoms. The van der Waals surface area contributed by atoms with Crippen molar-refractivity contribution in [2.45, 2.75) is 0 Å². The number of nitrogens with two attached hydrogens (primary N) is 1. The molecule has 2 rings (SSSR count). The topological polar surface area (TPSA) is 84.7 Å². The number of nitrogens with zero attached hydrogens (tertiary/aromatic N) is 3. The van der Waals surface area contributed by atoms with Gasteiger partial charge in [0.15, 0.2) is 0 Å². The van der Waals surface area contributed by atoms with Gasteiger partial charge in [-0.3, -0.25) is 4.79 Å². The van der Waals surface area contributed by atoms with Crippen LogP contribution in [-0.4, -0.2) is 15.7 Å². The Morgan fingerprint density at radius 2 is 2.29 bits per heavy atom. The number of carbonyl (C=O) groups excluding carboxylic acids is 1. The zero-order valence-corrected chi connectivity index (χ0v) is 9.35. The molecule has 6 heteroatoms. The molecule has 1 aromatic carbocycles. The monoisotopic (exact) mass is 246 g/mol. The summed E-state index contributed by atoms with van der Waals surface area (Å²) < 4.78 is 1.47. The van der Waals surface area contributed by atoms with Gasteiger partial charge in [0.25, 0.3) is 5.91 Å². The fourth-order valence-electron chi connectivity index (χ4n) is 1.33. The first-order chi connectivity index (χ1) is 8.11. The molecule has 5 nitrogen and oxygen atoms in total. The number of primary amides is 1. The van der Waals surface area contributed by atoms with Crippen LogP contribution in [0, 0.1) is 11.3 Å². The Labute approximate surface area is 102 Å². The Balaban J connectivity index is 2.43. The maximum atomic E-state index is 10.9. The fourth-order valence-corrected chi connectivity index (χ4v) is 1.55. The smallest absolute Gasteiger partial charge is 0.251 e. The van der Waals surface area contributed by atoms with E-state index in [4.69, 9.17) is 22.6 Å². The Morgan fingerprint density at radius 1 is 1.53 bits per heavy atom. The van der Waals surface area contributed by atoms with Gasteiger partial charge in [-0.05, 0) is 18.2 Å². The van der Waals surface area contributed by atoms with Crippen LogP contribution in [0.15, 0.2) is 30.6 Å². The number of halogens is 1. The van der Waals surface area contributed by atoms with E-state index in [1.807, 2.05) is 6.07 Å². The molecule has 0 saturated heterocycles. The molecule has 0 atom stereocenters. The van der Waals surface area contributed by atoms with E-state index in [2.05, 4.69) is 5.10 Å². The fraction of sp³-hybridized carbons (Fsp3) is 0. The van der Waals surface area contributed by atoms with Crippen molar-refractivity contribution in [1.82, 2.24) is 9.78 Å². The molecule has 84 valence electrons. The van der Waals surface area contributed by atoms with Crippen LogP contribution in [0.4, 0.5) is 0 Å². The van der Waals surface area contributed by atoms with Gasteiger partial charge in [0.05, 0.1) is 28.0 Å². The number of hydrogen-bond acceptors (Lipinski definition) is 3. The molecular weight excluding hydrogens is 240 g/mol. The molecule has 1 heterocycles. The maximum absolute atomic E-state index is 10.9. The highest BCUT2D eigenvalue weighted by Crippen LogP contribution is 2.19. The summed E-state index contributed by atoms with van der Waals surface area (Å²) in [6.07, 6.45) is 2.87. The van der Waals surface area contributed by atoms with Gasteiger partial charge in [0.1, 0.15) is 6.07 Å². The first-order valence-electron chi connectivity index (χ1n) is 4.66. The summed E-state index contributed by atoms with van der Waals surface area (Å²) in [6, 6.07) is 6.83. The van der Waals surface area contributed by atoms with E-state index in [0.717, 1.165) is 0 Å². The number of aromatic nitrogens is 2. The molecule has 0 unspecified atom stereocenters. The van der Waals surface area contributed by atoms with E-state index in [1.165, 1.54) is 17.1 Å². The number of carbonyl (C=O) groups is 1. The SMILES string of the molecule is N#Cc1ccc(-n2cc(C(N)=O)cn2)cc1Cl. The highest BCUT2D eigenvalue weighted by Gasteiger charge is 2.07. The van der Waals surface area contributed by atoms with Gasteiger partial charge in [-0.2, -0.15) is 10.4 Å². The van der Waals surface area contributed by atoms with Crippen molar-refractivity contribution in [2.24, 2.45) is 5.73 Å². The van der Waals surface area contributed by atoms with Gasteiger partial charge < -0.3 is 5.73 Å². The van der Waals surface area contributed by atoms with Gasteiger partial charge in [-0.15, -0.1) is 0 Å². The van der Waals surface area contributed by atoms with Crippen LogP contribution >= 0.6 is 11.6 Å². The first-order valence-corrected chi connectivity index (χ1v) is 5.04. The highest BCUT2D eigenvalue weighted by atomic mass is 35.5. The van der Waals surface area contributed by atoms with E-state index in [-0.39, 0.29) is 0 Å². The van der Waals surface area contributed by atoms with Crippen molar-refractivity contribution in [1.29, 1.82) is 5.26 Å². The molecule has 0 bridgehead atoms. The van der Waals surface area contributed by atoms with E-state index in [1.54, 1.807) is 18.2 Å². The zero-order chi connectivity index (χ0) is 12.4. The molecule has 2 aromatic rings. The Hall–Kier alpha value is -2.32. The molecular formula is C11H7ClN4O. The number of nitriles is 1. The second-order valence-corrected chi connectivity index (χ2v) is 3.72.